The Morgan fingerprint density at radius 3 is 2.67 bits per heavy atom. The fourth-order valence-electron chi connectivity index (χ4n) is 4.20. The van der Waals surface area contributed by atoms with E-state index in [1.807, 2.05) is 18.2 Å². The van der Waals surface area contributed by atoms with Crippen LogP contribution >= 0.6 is 35.0 Å². The van der Waals surface area contributed by atoms with Crippen molar-refractivity contribution in [3.63, 3.8) is 0 Å². The van der Waals surface area contributed by atoms with Crippen LogP contribution in [0.25, 0.3) is 10.9 Å². The zero-order valence-electron chi connectivity index (χ0n) is 19.2. The summed E-state index contributed by atoms with van der Waals surface area (Å²) in [5.74, 6) is -0.154. The lowest BCUT2D eigenvalue weighted by Gasteiger charge is -2.21. The minimum absolute atomic E-state index is 0. The molecule has 1 aliphatic carbocycles. The number of hydrogen-bond acceptors (Lipinski definition) is 4. The van der Waals surface area contributed by atoms with Gasteiger partial charge < -0.3 is 16.0 Å². The van der Waals surface area contributed by atoms with Gasteiger partial charge in [-0.25, -0.2) is 4.79 Å². The van der Waals surface area contributed by atoms with Gasteiger partial charge in [0, 0.05) is 0 Å². The van der Waals surface area contributed by atoms with E-state index in [-0.39, 0.29) is 42.3 Å². The average Bonchev–Trinajstić information content (AvgIpc) is 3.29. The highest BCUT2D eigenvalue weighted by atomic mass is 127. The molecule has 0 aliphatic heterocycles. The van der Waals surface area contributed by atoms with E-state index in [1.165, 1.54) is 21.4 Å². The standard InChI is InChI=1S/C24H28IN5O2.ClH/c1-24(2,3)15-9-10-16-14(12-15)8-11-17(16)27-23(32)28-18-6-5-7-19-21(18)22(25)29-30(19)20(31)13-26-4;/h5-7,9-10,12,17,26H,8,11,13H2,1-4H3,(H2,27,28,32);1H. The second-order valence-electron chi connectivity index (χ2n) is 9.18. The molecule has 0 spiro atoms. The van der Waals surface area contributed by atoms with Crippen LogP contribution in [0, 0.1) is 3.70 Å². The minimum Gasteiger partial charge on any atom is -0.331 e. The Hall–Kier alpha value is -2.17. The van der Waals surface area contributed by atoms with Gasteiger partial charge in [0.1, 0.15) is 3.70 Å². The summed E-state index contributed by atoms with van der Waals surface area (Å²) >= 11 is 2.10. The summed E-state index contributed by atoms with van der Waals surface area (Å²) in [7, 11) is 1.72. The maximum atomic E-state index is 12.9. The van der Waals surface area contributed by atoms with Crippen LogP contribution in [0.3, 0.4) is 0 Å². The van der Waals surface area contributed by atoms with Gasteiger partial charge in [0.05, 0.1) is 29.2 Å². The lowest BCUT2D eigenvalue weighted by atomic mass is 9.85. The van der Waals surface area contributed by atoms with Crippen LogP contribution in [-0.2, 0) is 11.8 Å². The molecule has 1 unspecified atom stereocenters. The Morgan fingerprint density at radius 1 is 1.21 bits per heavy atom. The topological polar surface area (TPSA) is 88.1 Å². The first-order valence-corrected chi connectivity index (χ1v) is 11.8. The van der Waals surface area contributed by atoms with Crippen LogP contribution in [0.2, 0.25) is 0 Å². The summed E-state index contributed by atoms with van der Waals surface area (Å²) < 4.78 is 2.05. The number of carbonyl (C=O) groups excluding carboxylic acids is 2. The van der Waals surface area contributed by atoms with Crippen LogP contribution in [0.4, 0.5) is 10.5 Å². The van der Waals surface area contributed by atoms with Gasteiger partial charge in [0.2, 0.25) is 0 Å². The number of anilines is 1. The molecular weight excluding hydrogens is 553 g/mol. The lowest BCUT2D eigenvalue weighted by molar-refractivity contribution is 0.0904. The van der Waals surface area contributed by atoms with Gasteiger partial charge in [0.25, 0.3) is 5.91 Å². The molecule has 0 saturated carbocycles. The minimum atomic E-state index is -0.264. The molecule has 1 heterocycles. The van der Waals surface area contributed by atoms with Crippen LogP contribution in [0.1, 0.15) is 54.7 Å². The summed E-state index contributed by atoms with van der Waals surface area (Å²) in [6, 6.07) is 11.8. The molecule has 0 bridgehead atoms. The summed E-state index contributed by atoms with van der Waals surface area (Å²) in [6.45, 7) is 6.82. The summed E-state index contributed by atoms with van der Waals surface area (Å²) in [5, 5.41) is 14.1. The van der Waals surface area contributed by atoms with E-state index in [0.717, 1.165) is 18.2 Å². The smallest absolute Gasteiger partial charge is 0.319 e. The van der Waals surface area contributed by atoms with E-state index in [9.17, 15) is 9.59 Å². The number of amides is 2. The summed E-state index contributed by atoms with van der Waals surface area (Å²) in [5.41, 5.74) is 5.22. The fourth-order valence-corrected chi connectivity index (χ4v) is 4.98. The number of carbonyl (C=O) groups is 2. The zero-order chi connectivity index (χ0) is 23.0. The number of fused-ring (bicyclic) bond motifs is 2. The molecule has 176 valence electrons. The second kappa shape index (κ2) is 9.99. The average molecular weight is 582 g/mol. The fraction of sp³-hybridized carbons (Fsp3) is 0.375. The van der Waals surface area contributed by atoms with Gasteiger partial charge in [-0.15, -0.1) is 12.4 Å². The number of aryl methyl sites for hydroxylation is 1. The van der Waals surface area contributed by atoms with Gasteiger partial charge >= 0.3 is 6.03 Å². The van der Waals surface area contributed by atoms with E-state index in [4.69, 9.17) is 0 Å². The number of likely N-dealkylation sites (N-methyl/N-ethyl adjacent to an activating group) is 1. The highest BCUT2D eigenvalue weighted by molar-refractivity contribution is 14.1. The Kier molecular flexibility index (Phi) is 7.70. The molecule has 4 rings (SSSR count). The van der Waals surface area contributed by atoms with Gasteiger partial charge in [0.15, 0.2) is 0 Å². The highest BCUT2D eigenvalue weighted by Gasteiger charge is 2.26. The van der Waals surface area contributed by atoms with Crippen molar-refractivity contribution >= 4 is 63.5 Å². The number of nitrogens with one attached hydrogen (secondary N) is 3. The van der Waals surface area contributed by atoms with E-state index in [2.05, 4.69) is 82.6 Å². The predicted molar refractivity (Wildman–Crippen MR) is 143 cm³/mol. The summed E-state index contributed by atoms with van der Waals surface area (Å²) in [4.78, 5) is 25.2. The summed E-state index contributed by atoms with van der Waals surface area (Å²) in [6.07, 6.45) is 1.84. The largest absolute Gasteiger partial charge is 0.331 e. The van der Waals surface area contributed by atoms with E-state index >= 15 is 0 Å². The van der Waals surface area contributed by atoms with E-state index in [0.29, 0.717) is 14.9 Å². The third-order valence-corrected chi connectivity index (χ3v) is 6.62. The highest BCUT2D eigenvalue weighted by Crippen LogP contribution is 2.35. The Morgan fingerprint density at radius 2 is 1.97 bits per heavy atom. The molecule has 0 radical (unpaired) electrons. The molecular formula is C24H29ClIN5O2. The van der Waals surface area contributed by atoms with Crippen LogP contribution in [0.15, 0.2) is 36.4 Å². The number of aromatic nitrogens is 2. The molecule has 1 atom stereocenters. The first kappa shape index (κ1) is 25.5. The molecule has 1 aliphatic rings. The maximum absolute atomic E-state index is 12.9. The zero-order valence-corrected chi connectivity index (χ0v) is 22.1. The van der Waals surface area contributed by atoms with E-state index < -0.39 is 0 Å². The number of halogens is 2. The number of nitrogens with zero attached hydrogens (tertiary/aromatic N) is 2. The third-order valence-electron chi connectivity index (χ3n) is 5.87. The van der Waals surface area contributed by atoms with Crippen molar-refractivity contribution in [2.24, 2.45) is 0 Å². The van der Waals surface area contributed by atoms with Gasteiger partial charge in [-0.05, 0) is 76.7 Å². The number of hydrogen-bond donors (Lipinski definition) is 3. The predicted octanol–water partition coefficient (Wildman–Crippen LogP) is 5.03. The SMILES string of the molecule is CNCC(=O)n1nc(I)c2c(NC(=O)NC3CCc4cc(C(C)(C)C)ccc43)cccc21.Cl. The molecule has 1 aromatic heterocycles. The first-order chi connectivity index (χ1) is 15.2. The Balaban J connectivity index is 0.00000306. The maximum Gasteiger partial charge on any atom is 0.319 e. The van der Waals surface area contributed by atoms with Crippen molar-refractivity contribution in [2.75, 3.05) is 18.9 Å². The molecule has 33 heavy (non-hydrogen) atoms. The Labute approximate surface area is 213 Å². The van der Waals surface area contributed by atoms with Gasteiger partial charge in [-0.2, -0.15) is 9.78 Å². The van der Waals surface area contributed by atoms with Gasteiger partial charge in [-0.1, -0.05) is 45.0 Å². The monoisotopic (exact) mass is 581 g/mol. The molecule has 3 N–H and O–H groups in total. The quantitative estimate of drug-likeness (QED) is 0.377. The Bertz CT molecular complexity index is 1200. The molecule has 2 amide bonds. The lowest BCUT2D eigenvalue weighted by Crippen LogP contribution is -2.31. The van der Waals surface area contributed by atoms with Gasteiger partial charge in [-0.3, -0.25) is 4.79 Å². The third kappa shape index (κ3) is 5.17. The van der Waals surface area contributed by atoms with Crippen molar-refractivity contribution in [3.05, 3.63) is 56.8 Å². The molecule has 3 aromatic rings. The van der Waals surface area contributed by atoms with Crippen molar-refractivity contribution < 1.29 is 9.59 Å². The first-order valence-electron chi connectivity index (χ1n) is 10.7. The van der Waals surface area contributed by atoms with Crippen molar-refractivity contribution in [2.45, 2.75) is 45.1 Å². The van der Waals surface area contributed by atoms with Crippen LogP contribution in [-0.4, -0.2) is 35.3 Å². The van der Waals surface area contributed by atoms with Crippen LogP contribution in [0.5, 0.6) is 0 Å². The molecule has 9 heteroatoms. The van der Waals surface area contributed by atoms with Crippen LogP contribution < -0.4 is 16.0 Å². The van der Waals surface area contributed by atoms with Crippen molar-refractivity contribution in [1.29, 1.82) is 0 Å². The number of urea groups is 1. The van der Waals surface area contributed by atoms with Crippen molar-refractivity contribution in [3.8, 4) is 0 Å². The molecule has 2 aromatic carbocycles. The molecule has 0 saturated heterocycles. The molecule has 7 nitrogen and oxygen atoms in total. The number of rotatable bonds is 4. The molecule has 0 fully saturated rings. The normalized spacial score (nSPS) is 15.1. The van der Waals surface area contributed by atoms with E-state index in [1.54, 1.807) is 7.05 Å². The second-order valence-corrected chi connectivity index (χ2v) is 10.2. The number of benzene rings is 2. The van der Waals surface area contributed by atoms with Crippen molar-refractivity contribution in [1.82, 2.24) is 20.4 Å².